The number of nitrogens with one attached hydrogen (secondary N) is 1. The molecule has 0 aliphatic carbocycles. The van der Waals surface area contributed by atoms with Crippen LogP contribution in [0, 0.1) is 0 Å². The molecule has 1 aliphatic rings. The largest absolute Gasteiger partial charge is 0.494 e. The second-order valence-corrected chi connectivity index (χ2v) is 5.27. The van der Waals surface area contributed by atoms with Crippen molar-refractivity contribution in [2.45, 2.75) is 32.2 Å². The van der Waals surface area contributed by atoms with Crippen LogP contribution in [-0.4, -0.2) is 31.5 Å². The average Bonchev–Trinajstić information content (AvgIpc) is 2.83. The summed E-state index contributed by atoms with van der Waals surface area (Å²) in [5.74, 6) is 0.531. The normalized spacial score (nSPS) is 15.2. The van der Waals surface area contributed by atoms with E-state index in [0.717, 1.165) is 12.1 Å². The van der Waals surface area contributed by atoms with Crippen LogP contribution in [0.2, 0.25) is 0 Å². The third-order valence-corrected chi connectivity index (χ3v) is 3.34. The molecule has 7 heteroatoms. The zero-order valence-electron chi connectivity index (χ0n) is 12.8. The van der Waals surface area contributed by atoms with Crippen molar-refractivity contribution in [2.24, 2.45) is 5.73 Å². The first-order valence-corrected chi connectivity index (χ1v) is 7.05. The van der Waals surface area contributed by atoms with Gasteiger partial charge in [-0.15, -0.1) is 12.4 Å². The minimum atomic E-state index is -0.187. The molecule has 1 fully saturated rings. The molecule has 1 unspecified atom stereocenters. The summed E-state index contributed by atoms with van der Waals surface area (Å²) in [4.78, 5) is 25.2. The van der Waals surface area contributed by atoms with Gasteiger partial charge >= 0.3 is 0 Å². The smallest absolute Gasteiger partial charge is 0.227 e. The lowest BCUT2D eigenvalue weighted by molar-refractivity contribution is -0.117. The molecule has 22 heavy (non-hydrogen) atoms. The van der Waals surface area contributed by atoms with E-state index in [1.807, 2.05) is 0 Å². The molecule has 0 bridgehead atoms. The molecule has 1 heterocycles. The van der Waals surface area contributed by atoms with E-state index in [2.05, 4.69) is 5.32 Å². The van der Waals surface area contributed by atoms with Gasteiger partial charge in [-0.3, -0.25) is 9.59 Å². The van der Waals surface area contributed by atoms with E-state index in [0.29, 0.717) is 24.4 Å². The highest BCUT2D eigenvalue weighted by molar-refractivity contribution is 5.98. The van der Waals surface area contributed by atoms with Gasteiger partial charge in [0, 0.05) is 37.2 Å². The first-order valence-electron chi connectivity index (χ1n) is 7.05. The van der Waals surface area contributed by atoms with E-state index >= 15 is 0 Å². The zero-order valence-corrected chi connectivity index (χ0v) is 13.6. The van der Waals surface area contributed by atoms with Crippen LogP contribution in [0.15, 0.2) is 18.2 Å². The van der Waals surface area contributed by atoms with Crippen molar-refractivity contribution in [3.8, 4) is 5.75 Å². The predicted molar refractivity (Wildman–Crippen MR) is 88.7 cm³/mol. The van der Waals surface area contributed by atoms with Gasteiger partial charge in [-0.05, 0) is 25.5 Å². The lowest BCUT2D eigenvalue weighted by atomic mass is 10.2. The Labute approximate surface area is 136 Å². The molecule has 1 aromatic carbocycles. The number of hydrogen-bond acceptors (Lipinski definition) is 4. The number of ether oxygens (including phenoxy) is 1. The second kappa shape index (κ2) is 8.00. The Hall–Kier alpha value is -1.79. The van der Waals surface area contributed by atoms with Crippen molar-refractivity contribution in [3.63, 3.8) is 0 Å². The number of benzene rings is 1. The van der Waals surface area contributed by atoms with Crippen LogP contribution in [0.3, 0.4) is 0 Å². The fraction of sp³-hybridized carbons (Fsp3) is 0.467. The summed E-state index contributed by atoms with van der Waals surface area (Å²) in [6.45, 7) is 2.48. The molecule has 0 radical (unpaired) electrons. The maximum absolute atomic E-state index is 11.8. The first kappa shape index (κ1) is 18.3. The summed E-state index contributed by atoms with van der Waals surface area (Å²) >= 11 is 0. The van der Waals surface area contributed by atoms with Gasteiger partial charge in [-0.2, -0.15) is 0 Å². The van der Waals surface area contributed by atoms with E-state index in [-0.39, 0.29) is 36.7 Å². The average molecular weight is 328 g/mol. The molecule has 1 aromatic rings. The molecular formula is C15H22ClN3O3. The molecule has 122 valence electrons. The van der Waals surface area contributed by atoms with Gasteiger partial charge in [0.25, 0.3) is 0 Å². The van der Waals surface area contributed by atoms with Crippen LogP contribution in [0.1, 0.15) is 26.2 Å². The maximum Gasteiger partial charge on any atom is 0.227 e. The summed E-state index contributed by atoms with van der Waals surface area (Å²) in [7, 11) is 1.55. The molecule has 2 amide bonds. The molecular weight excluding hydrogens is 306 g/mol. The third-order valence-electron chi connectivity index (χ3n) is 3.34. The van der Waals surface area contributed by atoms with Gasteiger partial charge in [0.1, 0.15) is 5.75 Å². The molecule has 3 N–H and O–H groups in total. The van der Waals surface area contributed by atoms with Gasteiger partial charge in [-0.1, -0.05) is 0 Å². The Kier molecular flexibility index (Phi) is 6.64. The van der Waals surface area contributed by atoms with E-state index < -0.39 is 0 Å². The van der Waals surface area contributed by atoms with E-state index in [1.54, 1.807) is 37.1 Å². The Bertz CT molecular complexity index is 549. The molecule has 6 nitrogen and oxygen atoms in total. The number of amides is 2. The highest BCUT2D eigenvalue weighted by atomic mass is 35.5. The number of rotatable bonds is 5. The Morgan fingerprint density at radius 2 is 2.23 bits per heavy atom. The molecule has 1 saturated heterocycles. The summed E-state index contributed by atoms with van der Waals surface area (Å²) in [6, 6.07) is 5.10. The SMILES string of the molecule is COc1cc(NC(=O)CC(C)N)ccc1N1CCCC1=O.Cl. The standard InChI is InChI=1S/C15H21N3O3.ClH/c1-10(16)8-14(19)17-11-5-6-12(13(9-11)21-2)18-7-3-4-15(18)20;/h5-6,9-10H,3-4,7-8,16H2,1-2H3,(H,17,19);1H. The third kappa shape index (κ3) is 4.35. The van der Waals surface area contributed by atoms with Gasteiger partial charge in [0.05, 0.1) is 12.8 Å². The van der Waals surface area contributed by atoms with Crippen molar-refractivity contribution in [1.29, 1.82) is 0 Å². The van der Waals surface area contributed by atoms with Crippen molar-refractivity contribution >= 4 is 35.6 Å². The van der Waals surface area contributed by atoms with E-state index in [9.17, 15) is 9.59 Å². The molecule has 0 aromatic heterocycles. The summed E-state index contributed by atoms with van der Waals surface area (Å²) in [5, 5.41) is 2.77. The second-order valence-electron chi connectivity index (χ2n) is 5.27. The monoisotopic (exact) mass is 327 g/mol. The number of anilines is 2. The molecule has 0 saturated carbocycles. The fourth-order valence-electron chi connectivity index (χ4n) is 2.39. The number of nitrogens with two attached hydrogens (primary N) is 1. The number of carbonyl (C=O) groups is 2. The van der Waals surface area contributed by atoms with E-state index in [4.69, 9.17) is 10.5 Å². The number of carbonyl (C=O) groups excluding carboxylic acids is 2. The van der Waals surface area contributed by atoms with E-state index in [1.165, 1.54) is 0 Å². The maximum atomic E-state index is 11.8. The minimum absolute atomic E-state index is 0. The highest BCUT2D eigenvalue weighted by Gasteiger charge is 2.24. The fourth-order valence-corrected chi connectivity index (χ4v) is 2.39. The van der Waals surface area contributed by atoms with Crippen LogP contribution >= 0.6 is 12.4 Å². The molecule has 1 aliphatic heterocycles. The topological polar surface area (TPSA) is 84.7 Å². The number of hydrogen-bond donors (Lipinski definition) is 2. The Morgan fingerprint density at radius 3 is 2.77 bits per heavy atom. The van der Waals surface area contributed by atoms with Gasteiger partial charge in [0.2, 0.25) is 11.8 Å². The number of nitrogens with zero attached hydrogens (tertiary/aromatic N) is 1. The van der Waals surface area contributed by atoms with Crippen molar-refractivity contribution < 1.29 is 14.3 Å². The van der Waals surface area contributed by atoms with Gasteiger partial charge < -0.3 is 20.7 Å². The van der Waals surface area contributed by atoms with Crippen LogP contribution in [-0.2, 0) is 9.59 Å². The van der Waals surface area contributed by atoms with Crippen molar-refractivity contribution in [3.05, 3.63) is 18.2 Å². The lowest BCUT2D eigenvalue weighted by Crippen LogP contribution is -2.25. The van der Waals surface area contributed by atoms with Crippen molar-refractivity contribution in [1.82, 2.24) is 0 Å². The summed E-state index contributed by atoms with van der Waals surface area (Å²) < 4.78 is 5.34. The predicted octanol–water partition coefficient (Wildman–Crippen LogP) is 1.92. The van der Waals surface area contributed by atoms with Gasteiger partial charge in [0.15, 0.2) is 0 Å². The highest BCUT2D eigenvalue weighted by Crippen LogP contribution is 2.33. The van der Waals surface area contributed by atoms with Crippen molar-refractivity contribution in [2.75, 3.05) is 23.9 Å². The lowest BCUT2D eigenvalue weighted by Gasteiger charge is -2.19. The Balaban J connectivity index is 0.00000242. The van der Waals surface area contributed by atoms with Crippen LogP contribution in [0.25, 0.3) is 0 Å². The minimum Gasteiger partial charge on any atom is -0.494 e. The Morgan fingerprint density at radius 1 is 1.50 bits per heavy atom. The molecule has 0 spiro atoms. The number of halogens is 1. The molecule has 2 rings (SSSR count). The molecule has 1 atom stereocenters. The number of methoxy groups -OCH3 is 1. The first-order chi connectivity index (χ1) is 10.0. The zero-order chi connectivity index (χ0) is 15.4. The summed E-state index contributed by atoms with van der Waals surface area (Å²) in [6.07, 6.45) is 1.68. The quantitative estimate of drug-likeness (QED) is 0.865. The van der Waals surface area contributed by atoms with Crippen LogP contribution < -0.4 is 20.7 Å². The van der Waals surface area contributed by atoms with Crippen LogP contribution in [0.5, 0.6) is 5.75 Å². The van der Waals surface area contributed by atoms with Crippen LogP contribution in [0.4, 0.5) is 11.4 Å². The van der Waals surface area contributed by atoms with Gasteiger partial charge in [-0.25, -0.2) is 0 Å². The summed E-state index contributed by atoms with van der Waals surface area (Å²) in [5.41, 5.74) is 6.97.